The smallest absolute Gasteiger partial charge is 0.345 e. The van der Waals surface area contributed by atoms with Gasteiger partial charge in [0.15, 0.2) is 0 Å². The lowest BCUT2D eigenvalue weighted by Crippen LogP contribution is -2.40. The number of aromatic nitrogens is 2. The van der Waals surface area contributed by atoms with Gasteiger partial charge in [0.2, 0.25) is 5.91 Å². The molecule has 2 aromatic rings. The average molecular weight is 327 g/mol. The third kappa shape index (κ3) is 3.82. The Balaban J connectivity index is 1.65. The molecule has 1 amide bonds. The van der Waals surface area contributed by atoms with Gasteiger partial charge in [-0.1, -0.05) is 12.1 Å². The predicted octanol–water partition coefficient (Wildman–Crippen LogP) is 1.73. The molecule has 3 rings (SSSR count). The van der Waals surface area contributed by atoms with Gasteiger partial charge in [-0.25, -0.2) is 9.78 Å². The predicted molar refractivity (Wildman–Crippen MR) is 90.1 cm³/mol. The number of carbonyl (C=O) groups excluding carboxylic acids is 1. The second-order valence-electron chi connectivity index (χ2n) is 6.03. The zero-order valence-corrected chi connectivity index (χ0v) is 13.7. The number of aromatic amines is 1. The number of amides is 1. The van der Waals surface area contributed by atoms with Crippen molar-refractivity contribution in [2.75, 3.05) is 20.2 Å². The minimum atomic E-state index is -0.339. The Labute approximate surface area is 140 Å². The summed E-state index contributed by atoms with van der Waals surface area (Å²) < 4.78 is 5.13. The average Bonchev–Trinajstić information content (AvgIpc) is 2.62. The Morgan fingerprint density at radius 1 is 1.33 bits per heavy atom. The van der Waals surface area contributed by atoms with Gasteiger partial charge in [-0.3, -0.25) is 4.79 Å². The minimum Gasteiger partial charge on any atom is -0.497 e. The number of likely N-dealkylation sites (tertiary alicyclic amines) is 1. The summed E-state index contributed by atoms with van der Waals surface area (Å²) >= 11 is 0. The molecule has 1 N–H and O–H groups in total. The van der Waals surface area contributed by atoms with Crippen molar-refractivity contribution in [2.45, 2.75) is 25.2 Å². The lowest BCUT2D eigenvalue weighted by molar-refractivity contribution is -0.131. The quantitative estimate of drug-likeness (QED) is 0.928. The number of piperidine rings is 1. The van der Waals surface area contributed by atoms with E-state index < -0.39 is 0 Å². The molecule has 2 heterocycles. The monoisotopic (exact) mass is 327 g/mol. The Kier molecular flexibility index (Phi) is 4.93. The molecule has 0 unspecified atom stereocenters. The Morgan fingerprint density at radius 3 is 2.83 bits per heavy atom. The van der Waals surface area contributed by atoms with Crippen LogP contribution in [0, 0.1) is 0 Å². The Hall–Kier alpha value is -2.63. The highest BCUT2D eigenvalue weighted by Crippen LogP contribution is 2.25. The van der Waals surface area contributed by atoms with Crippen molar-refractivity contribution in [3.05, 3.63) is 58.3 Å². The molecule has 6 nitrogen and oxygen atoms in total. The molecule has 0 radical (unpaired) electrons. The Bertz CT molecular complexity index is 755. The van der Waals surface area contributed by atoms with Gasteiger partial charge in [0.1, 0.15) is 5.75 Å². The molecular formula is C18H21N3O3. The molecule has 1 aliphatic rings. The molecule has 1 atom stereocenters. The number of H-pyrrole nitrogens is 1. The first-order chi connectivity index (χ1) is 11.7. The SMILES string of the molecule is COc1ccc(CC(=O)N2CCC[C@@H](c3ccnc(=O)[nH]3)C2)cc1. The van der Waals surface area contributed by atoms with Gasteiger partial charge in [-0.05, 0) is 36.6 Å². The second-order valence-corrected chi connectivity index (χ2v) is 6.03. The molecule has 1 fully saturated rings. The minimum absolute atomic E-state index is 0.112. The van der Waals surface area contributed by atoms with Crippen molar-refractivity contribution in [1.82, 2.24) is 14.9 Å². The molecule has 1 saturated heterocycles. The maximum atomic E-state index is 12.6. The van der Waals surface area contributed by atoms with E-state index in [0.29, 0.717) is 13.0 Å². The zero-order valence-electron chi connectivity index (χ0n) is 13.7. The van der Waals surface area contributed by atoms with Gasteiger partial charge in [0.05, 0.1) is 13.5 Å². The van der Waals surface area contributed by atoms with Crippen LogP contribution in [-0.2, 0) is 11.2 Å². The summed E-state index contributed by atoms with van der Waals surface area (Å²) in [4.78, 5) is 32.3. The van der Waals surface area contributed by atoms with Gasteiger partial charge in [-0.15, -0.1) is 0 Å². The lowest BCUT2D eigenvalue weighted by atomic mass is 9.94. The van der Waals surface area contributed by atoms with Gasteiger partial charge in [-0.2, -0.15) is 0 Å². The van der Waals surface area contributed by atoms with Gasteiger partial charge < -0.3 is 14.6 Å². The van der Waals surface area contributed by atoms with E-state index in [1.54, 1.807) is 7.11 Å². The first-order valence-corrected chi connectivity index (χ1v) is 8.11. The lowest BCUT2D eigenvalue weighted by Gasteiger charge is -2.32. The van der Waals surface area contributed by atoms with E-state index in [4.69, 9.17) is 4.74 Å². The molecular weight excluding hydrogens is 306 g/mol. The summed E-state index contributed by atoms with van der Waals surface area (Å²) in [5.74, 6) is 1.06. The molecule has 126 valence electrons. The van der Waals surface area contributed by atoms with Crippen LogP contribution in [0.5, 0.6) is 5.75 Å². The van der Waals surface area contributed by atoms with Crippen LogP contribution in [0.3, 0.4) is 0 Å². The fourth-order valence-corrected chi connectivity index (χ4v) is 3.11. The third-order valence-corrected chi connectivity index (χ3v) is 4.43. The molecule has 0 spiro atoms. The number of rotatable bonds is 4. The molecule has 6 heteroatoms. The van der Waals surface area contributed by atoms with Crippen molar-refractivity contribution in [3.63, 3.8) is 0 Å². The standard InChI is InChI=1S/C18H21N3O3/c1-24-15-6-4-13(5-7-15)11-17(22)21-10-2-3-14(12-21)16-8-9-19-18(23)20-16/h4-9,14H,2-3,10-12H2,1H3,(H,19,20,23)/t14-/m1/s1. The van der Waals surface area contributed by atoms with Crippen LogP contribution in [0.2, 0.25) is 0 Å². The number of nitrogens with one attached hydrogen (secondary N) is 1. The zero-order chi connectivity index (χ0) is 16.9. The third-order valence-electron chi connectivity index (χ3n) is 4.43. The van der Waals surface area contributed by atoms with E-state index in [-0.39, 0.29) is 17.5 Å². The van der Waals surface area contributed by atoms with Crippen molar-refractivity contribution in [3.8, 4) is 5.75 Å². The van der Waals surface area contributed by atoms with Crippen molar-refractivity contribution < 1.29 is 9.53 Å². The number of carbonyl (C=O) groups is 1. The highest BCUT2D eigenvalue weighted by molar-refractivity contribution is 5.79. The maximum absolute atomic E-state index is 12.6. The number of hydrogen-bond donors (Lipinski definition) is 1. The summed E-state index contributed by atoms with van der Waals surface area (Å²) in [6.45, 7) is 1.40. The fraction of sp³-hybridized carbons (Fsp3) is 0.389. The summed E-state index contributed by atoms with van der Waals surface area (Å²) in [5, 5.41) is 0. The van der Waals surface area contributed by atoms with Crippen LogP contribution in [0.1, 0.15) is 30.0 Å². The maximum Gasteiger partial charge on any atom is 0.345 e. The van der Waals surface area contributed by atoms with Crippen molar-refractivity contribution in [2.24, 2.45) is 0 Å². The largest absolute Gasteiger partial charge is 0.497 e. The fourth-order valence-electron chi connectivity index (χ4n) is 3.11. The van der Waals surface area contributed by atoms with Crippen LogP contribution < -0.4 is 10.4 Å². The summed E-state index contributed by atoms with van der Waals surface area (Å²) in [6, 6.07) is 9.38. The van der Waals surface area contributed by atoms with Crippen molar-refractivity contribution >= 4 is 5.91 Å². The Morgan fingerprint density at radius 2 is 2.12 bits per heavy atom. The van der Waals surface area contributed by atoms with Gasteiger partial charge in [0.25, 0.3) is 0 Å². The number of hydrogen-bond acceptors (Lipinski definition) is 4. The first kappa shape index (κ1) is 16.2. The van der Waals surface area contributed by atoms with Crippen LogP contribution in [-0.4, -0.2) is 41.0 Å². The number of nitrogens with zero attached hydrogens (tertiary/aromatic N) is 2. The van der Waals surface area contributed by atoms with E-state index in [1.165, 1.54) is 6.20 Å². The highest BCUT2D eigenvalue weighted by atomic mass is 16.5. The molecule has 24 heavy (non-hydrogen) atoms. The number of ether oxygens (including phenoxy) is 1. The highest BCUT2D eigenvalue weighted by Gasteiger charge is 2.25. The molecule has 0 aliphatic carbocycles. The van der Waals surface area contributed by atoms with Gasteiger partial charge in [0, 0.05) is 30.9 Å². The van der Waals surface area contributed by atoms with Crippen LogP contribution >= 0.6 is 0 Å². The number of methoxy groups -OCH3 is 1. The van der Waals surface area contributed by atoms with Crippen LogP contribution in [0.15, 0.2) is 41.3 Å². The molecule has 0 bridgehead atoms. The van der Waals surface area contributed by atoms with E-state index in [0.717, 1.165) is 36.4 Å². The first-order valence-electron chi connectivity index (χ1n) is 8.11. The summed E-state index contributed by atoms with van der Waals surface area (Å²) in [7, 11) is 1.62. The van der Waals surface area contributed by atoms with E-state index in [2.05, 4.69) is 9.97 Å². The van der Waals surface area contributed by atoms with Crippen LogP contribution in [0.4, 0.5) is 0 Å². The van der Waals surface area contributed by atoms with E-state index in [1.807, 2.05) is 35.2 Å². The molecule has 1 aromatic heterocycles. The summed E-state index contributed by atoms with van der Waals surface area (Å²) in [6.07, 6.45) is 3.80. The topological polar surface area (TPSA) is 75.3 Å². The summed E-state index contributed by atoms with van der Waals surface area (Å²) in [5.41, 5.74) is 1.49. The molecule has 1 aliphatic heterocycles. The normalized spacial score (nSPS) is 17.5. The molecule has 1 aromatic carbocycles. The van der Waals surface area contributed by atoms with Crippen molar-refractivity contribution in [1.29, 1.82) is 0 Å². The van der Waals surface area contributed by atoms with Crippen LogP contribution in [0.25, 0.3) is 0 Å². The molecule has 0 saturated carbocycles. The van der Waals surface area contributed by atoms with Gasteiger partial charge >= 0.3 is 5.69 Å². The van der Waals surface area contributed by atoms with E-state index >= 15 is 0 Å². The van der Waals surface area contributed by atoms with E-state index in [9.17, 15) is 9.59 Å². The number of benzene rings is 1. The second kappa shape index (κ2) is 7.29.